The molecule has 2 N–H and O–H groups in total. The summed E-state index contributed by atoms with van der Waals surface area (Å²) >= 11 is 3.51. The maximum absolute atomic E-state index is 5.71. The molecule has 0 saturated carbocycles. The van der Waals surface area contributed by atoms with Crippen LogP contribution in [0, 0.1) is 0 Å². The summed E-state index contributed by atoms with van der Waals surface area (Å²) < 4.78 is 3.09. The number of imidazole rings is 1. The predicted octanol–water partition coefficient (Wildman–Crippen LogP) is 3.25. The van der Waals surface area contributed by atoms with Crippen LogP contribution in [-0.4, -0.2) is 9.55 Å². The molecular weight excluding hydrogens is 290 g/mol. The first-order valence-corrected chi connectivity index (χ1v) is 6.49. The van der Waals surface area contributed by atoms with Gasteiger partial charge in [-0.3, -0.25) is 4.57 Å². The third-order valence-electron chi connectivity index (χ3n) is 2.91. The van der Waals surface area contributed by atoms with Gasteiger partial charge in [-0.25, -0.2) is 4.98 Å². The molecule has 3 aromatic rings. The van der Waals surface area contributed by atoms with E-state index in [-0.39, 0.29) is 0 Å². The van der Waals surface area contributed by atoms with E-state index in [9.17, 15) is 0 Å². The van der Waals surface area contributed by atoms with Crippen LogP contribution in [0.4, 0.5) is 0 Å². The summed E-state index contributed by atoms with van der Waals surface area (Å²) in [6, 6.07) is 14.3. The number of halogens is 1. The SMILES string of the molecule is NCc1cc(Br)cc(-n2cnc3ccccc32)c1. The Hall–Kier alpha value is -1.65. The summed E-state index contributed by atoms with van der Waals surface area (Å²) in [5, 5.41) is 0. The summed E-state index contributed by atoms with van der Waals surface area (Å²) in [7, 11) is 0. The lowest BCUT2D eigenvalue weighted by atomic mass is 10.2. The number of benzene rings is 2. The number of nitrogens with zero attached hydrogens (tertiary/aromatic N) is 2. The van der Waals surface area contributed by atoms with E-state index in [1.165, 1.54) is 0 Å². The van der Waals surface area contributed by atoms with Gasteiger partial charge in [0.25, 0.3) is 0 Å². The van der Waals surface area contributed by atoms with Crippen LogP contribution in [0.1, 0.15) is 5.56 Å². The van der Waals surface area contributed by atoms with Crippen molar-refractivity contribution < 1.29 is 0 Å². The van der Waals surface area contributed by atoms with E-state index >= 15 is 0 Å². The van der Waals surface area contributed by atoms with Crippen LogP contribution in [0.15, 0.2) is 53.3 Å². The first-order valence-electron chi connectivity index (χ1n) is 5.70. The Kier molecular flexibility index (Phi) is 2.89. The van der Waals surface area contributed by atoms with Gasteiger partial charge < -0.3 is 5.73 Å². The molecular formula is C14H12BrN3. The third-order valence-corrected chi connectivity index (χ3v) is 3.37. The standard InChI is InChI=1S/C14H12BrN3/c15-11-5-10(8-16)6-12(7-11)18-9-17-13-3-1-2-4-14(13)18/h1-7,9H,8,16H2. The van der Waals surface area contributed by atoms with Gasteiger partial charge in [-0.1, -0.05) is 28.1 Å². The number of hydrogen-bond acceptors (Lipinski definition) is 2. The summed E-state index contributed by atoms with van der Waals surface area (Å²) in [6.07, 6.45) is 1.84. The van der Waals surface area contributed by atoms with Crippen molar-refractivity contribution in [2.24, 2.45) is 5.73 Å². The van der Waals surface area contributed by atoms with Gasteiger partial charge in [0.1, 0.15) is 6.33 Å². The fraction of sp³-hybridized carbons (Fsp3) is 0.0714. The zero-order valence-electron chi connectivity index (χ0n) is 9.68. The van der Waals surface area contributed by atoms with Crippen molar-refractivity contribution in [1.29, 1.82) is 0 Å². The van der Waals surface area contributed by atoms with Crippen LogP contribution in [0.3, 0.4) is 0 Å². The number of hydrogen-bond donors (Lipinski definition) is 1. The van der Waals surface area contributed by atoms with Crippen LogP contribution < -0.4 is 5.73 Å². The van der Waals surface area contributed by atoms with E-state index in [2.05, 4.69) is 43.7 Å². The molecule has 0 aliphatic carbocycles. The third kappa shape index (κ3) is 1.94. The molecule has 0 saturated heterocycles. The van der Waals surface area contributed by atoms with Crippen LogP contribution >= 0.6 is 15.9 Å². The highest BCUT2D eigenvalue weighted by molar-refractivity contribution is 9.10. The van der Waals surface area contributed by atoms with E-state index in [1.54, 1.807) is 0 Å². The lowest BCUT2D eigenvalue weighted by Crippen LogP contribution is -1.99. The Morgan fingerprint density at radius 2 is 2.00 bits per heavy atom. The molecule has 2 aromatic carbocycles. The van der Waals surface area contributed by atoms with Gasteiger partial charge in [0.05, 0.1) is 11.0 Å². The Morgan fingerprint density at radius 3 is 2.83 bits per heavy atom. The zero-order valence-corrected chi connectivity index (χ0v) is 11.3. The molecule has 18 heavy (non-hydrogen) atoms. The van der Waals surface area contributed by atoms with Crippen LogP contribution in [0.25, 0.3) is 16.7 Å². The molecule has 0 radical (unpaired) electrons. The molecule has 0 aliphatic heterocycles. The fourth-order valence-corrected chi connectivity index (χ4v) is 2.58. The summed E-state index contributed by atoms with van der Waals surface area (Å²) in [4.78, 5) is 4.40. The highest BCUT2D eigenvalue weighted by Crippen LogP contribution is 2.22. The molecule has 0 amide bonds. The second-order valence-corrected chi connectivity index (χ2v) is 5.04. The Labute approximate surface area is 113 Å². The minimum absolute atomic E-state index is 0.527. The molecule has 1 aromatic heterocycles. The van der Waals surface area contributed by atoms with Crippen molar-refractivity contribution in [3.63, 3.8) is 0 Å². The highest BCUT2D eigenvalue weighted by atomic mass is 79.9. The van der Waals surface area contributed by atoms with Gasteiger partial charge in [0, 0.05) is 16.7 Å². The number of nitrogens with two attached hydrogens (primary N) is 1. The van der Waals surface area contributed by atoms with Crippen molar-refractivity contribution >= 4 is 27.0 Å². The van der Waals surface area contributed by atoms with Crippen molar-refractivity contribution in [1.82, 2.24) is 9.55 Å². The van der Waals surface area contributed by atoms with Gasteiger partial charge in [0.2, 0.25) is 0 Å². The summed E-state index contributed by atoms with van der Waals surface area (Å²) in [5.74, 6) is 0. The second kappa shape index (κ2) is 4.55. The molecule has 0 spiro atoms. The first-order chi connectivity index (χ1) is 8.78. The average Bonchev–Trinajstić information content (AvgIpc) is 2.81. The Bertz CT molecular complexity index is 703. The van der Waals surface area contributed by atoms with E-state index in [4.69, 9.17) is 5.73 Å². The van der Waals surface area contributed by atoms with Crippen LogP contribution in [-0.2, 0) is 6.54 Å². The molecule has 0 bridgehead atoms. The smallest absolute Gasteiger partial charge is 0.100 e. The van der Waals surface area contributed by atoms with E-state index < -0.39 is 0 Å². The Balaban J connectivity index is 2.22. The largest absolute Gasteiger partial charge is 0.326 e. The van der Waals surface area contributed by atoms with E-state index in [0.29, 0.717) is 6.54 Å². The first kappa shape index (κ1) is 11.4. The molecule has 1 heterocycles. The topological polar surface area (TPSA) is 43.8 Å². The van der Waals surface area contributed by atoms with E-state index in [1.807, 2.05) is 30.6 Å². The molecule has 0 aliphatic rings. The number of rotatable bonds is 2. The van der Waals surface area contributed by atoms with E-state index in [0.717, 1.165) is 26.8 Å². The Morgan fingerprint density at radius 1 is 1.17 bits per heavy atom. The number of para-hydroxylation sites is 2. The molecule has 0 unspecified atom stereocenters. The maximum Gasteiger partial charge on any atom is 0.100 e. The number of fused-ring (bicyclic) bond motifs is 1. The maximum atomic E-state index is 5.71. The molecule has 3 nitrogen and oxygen atoms in total. The predicted molar refractivity (Wildman–Crippen MR) is 76.7 cm³/mol. The minimum Gasteiger partial charge on any atom is -0.326 e. The van der Waals surface area contributed by atoms with Gasteiger partial charge in [0.15, 0.2) is 0 Å². The number of aromatic nitrogens is 2. The summed E-state index contributed by atoms with van der Waals surface area (Å²) in [5.41, 5.74) is 9.96. The molecule has 3 rings (SSSR count). The molecule has 90 valence electrons. The summed E-state index contributed by atoms with van der Waals surface area (Å²) in [6.45, 7) is 0.527. The van der Waals surface area contributed by atoms with Crippen molar-refractivity contribution in [3.8, 4) is 5.69 Å². The molecule has 4 heteroatoms. The lowest BCUT2D eigenvalue weighted by Gasteiger charge is -2.07. The van der Waals surface area contributed by atoms with Crippen LogP contribution in [0.2, 0.25) is 0 Å². The van der Waals surface area contributed by atoms with Crippen LogP contribution in [0.5, 0.6) is 0 Å². The van der Waals surface area contributed by atoms with Gasteiger partial charge >= 0.3 is 0 Å². The zero-order chi connectivity index (χ0) is 12.5. The molecule has 0 fully saturated rings. The monoisotopic (exact) mass is 301 g/mol. The highest BCUT2D eigenvalue weighted by Gasteiger charge is 2.05. The van der Waals surface area contributed by atoms with Gasteiger partial charge in [-0.15, -0.1) is 0 Å². The fourth-order valence-electron chi connectivity index (χ4n) is 2.06. The van der Waals surface area contributed by atoms with Gasteiger partial charge in [-0.05, 0) is 35.9 Å². The van der Waals surface area contributed by atoms with Gasteiger partial charge in [-0.2, -0.15) is 0 Å². The second-order valence-electron chi connectivity index (χ2n) is 4.13. The normalized spacial score (nSPS) is 11.0. The quantitative estimate of drug-likeness (QED) is 0.789. The van der Waals surface area contributed by atoms with Crippen molar-refractivity contribution in [2.75, 3.05) is 0 Å². The van der Waals surface area contributed by atoms with Crippen molar-refractivity contribution in [3.05, 3.63) is 58.8 Å². The average molecular weight is 302 g/mol. The lowest BCUT2D eigenvalue weighted by molar-refractivity contribution is 1.04. The molecule has 0 atom stereocenters. The van der Waals surface area contributed by atoms with Crippen molar-refractivity contribution in [2.45, 2.75) is 6.54 Å². The minimum atomic E-state index is 0.527.